The predicted molar refractivity (Wildman–Crippen MR) is 86.1 cm³/mol. The van der Waals surface area contributed by atoms with E-state index in [4.69, 9.17) is 27.6 Å². The first-order chi connectivity index (χ1) is 11.4. The van der Waals surface area contributed by atoms with Gasteiger partial charge in [0.2, 0.25) is 5.89 Å². The van der Waals surface area contributed by atoms with Crippen molar-refractivity contribution in [1.82, 2.24) is 4.98 Å². The van der Waals surface area contributed by atoms with E-state index in [-0.39, 0.29) is 17.3 Å². The fraction of sp³-hybridized carbons (Fsp3) is 0.0588. The molecule has 0 aliphatic carbocycles. The Morgan fingerprint density at radius 3 is 2.38 bits per heavy atom. The van der Waals surface area contributed by atoms with Gasteiger partial charge in [0.1, 0.15) is 5.82 Å². The van der Waals surface area contributed by atoms with Crippen LogP contribution in [0.4, 0.5) is 4.39 Å². The Morgan fingerprint density at radius 1 is 1.08 bits per heavy atom. The van der Waals surface area contributed by atoms with Crippen molar-refractivity contribution in [3.63, 3.8) is 0 Å². The Morgan fingerprint density at radius 2 is 1.75 bits per heavy atom. The fourth-order valence-electron chi connectivity index (χ4n) is 2.19. The van der Waals surface area contributed by atoms with Gasteiger partial charge in [-0.05, 0) is 42.5 Å². The normalized spacial score (nSPS) is 10.8. The molecule has 0 amide bonds. The molecule has 0 atom stereocenters. The quantitative estimate of drug-likeness (QED) is 0.706. The first-order valence-electron chi connectivity index (χ1n) is 6.85. The second-order valence-corrected chi connectivity index (χ2v) is 5.79. The molecule has 2 aromatic carbocycles. The molecule has 0 bridgehead atoms. The number of benzene rings is 2. The van der Waals surface area contributed by atoms with Crippen molar-refractivity contribution in [2.45, 2.75) is 6.42 Å². The van der Waals surface area contributed by atoms with Crippen LogP contribution in [0.25, 0.3) is 22.8 Å². The van der Waals surface area contributed by atoms with Crippen molar-refractivity contribution in [3.8, 4) is 22.8 Å². The minimum absolute atomic E-state index is 0.173. The zero-order chi connectivity index (χ0) is 17.3. The average Bonchev–Trinajstić information content (AvgIpc) is 2.94. The zero-order valence-electron chi connectivity index (χ0n) is 12.1. The number of carboxylic acid groups (broad SMARTS) is 1. The van der Waals surface area contributed by atoms with Gasteiger partial charge in [-0.15, -0.1) is 0 Å². The first-order valence-corrected chi connectivity index (χ1v) is 7.60. The molecule has 0 saturated heterocycles. The number of halogens is 3. The number of hydrogen-bond acceptors (Lipinski definition) is 4. The molecule has 0 saturated carbocycles. The third-order valence-electron chi connectivity index (χ3n) is 3.28. The van der Waals surface area contributed by atoms with Gasteiger partial charge in [0.05, 0.1) is 15.7 Å². The third kappa shape index (κ3) is 3.42. The van der Waals surface area contributed by atoms with Crippen LogP contribution in [0, 0.1) is 5.82 Å². The highest BCUT2D eigenvalue weighted by atomic mass is 35.5. The van der Waals surface area contributed by atoms with Crippen LogP contribution in [0.3, 0.4) is 0 Å². The number of aromatic nitrogens is 1. The molecule has 4 nitrogen and oxygen atoms in total. The number of rotatable bonds is 4. The zero-order valence-corrected chi connectivity index (χ0v) is 13.6. The third-order valence-corrected chi connectivity index (χ3v) is 4.02. The summed E-state index contributed by atoms with van der Waals surface area (Å²) < 4.78 is 18.7. The summed E-state index contributed by atoms with van der Waals surface area (Å²) in [6, 6.07) is 10.3. The highest BCUT2D eigenvalue weighted by Gasteiger charge is 2.17. The number of oxazole rings is 1. The summed E-state index contributed by atoms with van der Waals surface area (Å²) in [4.78, 5) is 15.2. The summed E-state index contributed by atoms with van der Waals surface area (Å²) in [7, 11) is 0. The van der Waals surface area contributed by atoms with E-state index < -0.39 is 18.2 Å². The lowest BCUT2D eigenvalue weighted by atomic mass is 10.1. The molecule has 1 aromatic heterocycles. The maximum Gasteiger partial charge on any atom is 0.227 e. The smallest absolute Gasteiger partial charge is 0.227 e. The molecule has 0 spiro atoms. The molecule has 1 heterocycles. The minimum Gasteiger partial charge on any atom is -0.550 e. The minimum atomic E-state index is -1.30. The molecule has 3 rings (SSSR count). The Balaban J connectivity index is 2.11. The standard InChI is InChI=1S/C17H10Cl2FNO3/c18-12-6-3-10(7-13(12)19)16-14(8-15(22)23)21-17(24-16)9-1-4-11(20)5-2-9/h1-7H,8H2,(H,22,23)/p-1. The summed E-state index contributed by atoms with van der Waals surface area (Å²) in [5.74, 6) is -1.27. The Bertz CT molecular complexity index is 907. The van der Waals surface area contributed by atoms with Gasteiger partial charge in [-0.3, -0.25) is 0 Å². The number of aliphatic carboxylic acids is 1. The monoisotopic (exact) mass is 364 g/mol. The first kappa shape index (κ1) is 16.5. The van der Waals surface area contributed by atoms with Gasteiger partial charge < -0.3 is 14.3 Å². The molecule has 0 unspecified atom stereocenters. The second-order valence-electron chi connectivity index (χ2n) is 4.98. The average molecular weight is 365 g/mol. The van der Waals surface area contributed by atoms with E-state index in [9.17, 15) is 14.3 Å². The number of carboxylic acids is 1. The van der Waals surface area contributed by atoms with E-state index in [2.05, 4.69) is 4.98 Å². The fourth-order valence-corrected chi connectivity index (χ4v) is 2.49. The van der Waals surface area contributed by atoms with Gasteiger partial charge in [-0.25, -0.2) is 9.37 Å². The van der Waals surface area contributed by atoms with Crippen LogP contribution in [-0.4, -0.2) is 11.0 Å². The van der Waals surface area contributed by atoms with E-state index in [1.165, 1.54) is 24.3 Å². The molecule has 0 fully saturated rings. The maximum absolute atomic E-state index is 13.0. The number of carbonyl (C=O) groups excluding carboxylic acids is 1. The van der Waals surface area contributed by atoms with Crippen LogP contribution in [0.5, 0.6) is 0 Å². The predicted octanol–water partition coefficient (Wildman–Crippen LogP) is 3.75. The Kier molecular flexibility index (Phi) is 4.55. The van der Waals surface area contributed by atoms with Crippen molar-refractivity contribution >= 4 is 29.2 Å². The largest absolute Gasteiger partial charge is 0.550 e. The molecule has 24 heavy (non-hydrogen) atoms. The van der Waals surface area contributed by atoms with Gasteiger partial charge >= 0.3 is 0 Å². The number of nitrogens with zero attached hydrogens (tertiary/aromatic N) is 1. The summed E-state index contributed by atoms with van der Waals surface area (Å²) in [6.07, 6.45) is -0.430. The molecule has 0 aliphatic heterocycles. The van der Waals surface area contributed by atoms with Crippen molar-refractivity contribution in [2.75, 3.05) is 0 Å². The molecule has 3 aromatic rings. The molecule has 0 radical (unpaired) electrons. The molecular weight excluding hydrogens is 356 g/mol. The van der Waals surface area contributed by atoms with Crippen LogP contribution in [0.1, 0.15) is 5.69 Å². The number of hydrogen-bond donors (Lipinski definition) is 0. The van der Waals surface area contributed by atoms with E-state index in [1.54, 1.807) is 18.2 Å². The molecular formula is C17H9Cl2FNO3-. The summed E-state index contributed by atoms with van der Waals surface area (Å²) in [6.45, 7) is 0. The Hall–Kier alpha value is -2.37. The lowest BCUT2D eigenvalue weighted by molar-refractivity contribution is -0.304. The second kappa shape index (κ2) is 6.63. The van der Waals surface area contributed by atoms with Gasteiger partial charge in [0.25, 0.3) is 0 Å². The van der Waals surface area contributed by atoms with Gasteiger partial charge in [-0.1, -0.05) is 23.2 Å². The van der Waals surface area contributed by atoms with Gasteiger partial charge in [-0.2, -0.15) is 0 Å². The highest BCUT2D eigenvalue weighted by molar-refractivity contribution is 6.42. The van der Waals surface area contributed by atoms with E-state index in [0.29, 0.717) is 21.2 Å². The van der Waals surface area contributed by atoms with E-state index in [0.717, 1.165) is 0 Å². The lowest BCUT2D eigenvalue weighted by Crippen LogP contribution is -2.24. The molecule has 0 N–H and O–H groups in total. The van der Waals surface area contributed by atoms with Crippen molar-refractivity contribution < 1.29 is 18.7 Å². The topological polar surface area (TPSA) is 66.2 Å². The van der Waals surface area contributed by atoms with Crippen LogP contribution in [0.15, 0.2) is 46.9 Å². The SMILES string of the molecule is O=C([O-])Cc1nc(-c2ccc(F)cc2)oc1-c1ccc(Cl)c(Cl)c1. The van der Waals surface area contributed by atoms with Gasteiger partial charge in [0, 0.05) is 23.5 Å². The molecule has 7 heteroatoms. The van der Waals surface area contributed by atoms with E-state index >= 15 is 0 Å². The van der Waals surface area contributed by atoms with Crippen LogP contribution >= 0.6 is 23.2 Å². The van der Waals surface area contributed by atoms with Gasteiger partial charge in [0.15, 0.2) is 5.76 Å². The van der Waals surface area contributed by atoms with Crippen molar-refractivity contribution in [2.24, 2.45) is 0 Å². The Labute approximate surface area is 146 Å². The van der Waals surface area contributed by atoms with Crippen LogP contribution < -0.4 is 5.11 Å². The molecule has 0 aliphatic rings. The van der Waals surface area contributed by atoms with Crippen molar-refractivity contribution in [3.05, 3.63) is 64.0 Å². The molecule has 122 valence electrons. The maximum atomic E-state index is 13.0. The van der Waals surface area contributed by atoms with Crippen LogP contribution in [-0.2, 0) is 11.2 Å². The summed E-state index contributed by atoms with van der Waals surface area (Å²) >= 11 is 11.9. The lowest BCUT2D eigenvalue weighted by Gasteiger charge is -2.03. The van der Waals surface area contributed by atoms with Crippen LogP contribution in [0.2, 0.25) is 10.0 Å². The van der Waals surface area contributed by atoms with Crippen molar-refractivity contribution in [1.29, 1.82) is 0 Å². The highest BCUT2D eigenvalue weighted by Crippen LogP contribution is 2.33. The summed E-state index contributed by atoms with van der Waals surface area (Å²) in [5, 5.41) is 11.6. The summed E-state index contributed by atoms with van der Waals surface area (Å²) in [5.41, 5.74) is 1.23. The number of carbonyl (C=O) groups is 1. The van der Waals surface area contributed by atoms with E-state index in [1.807, 2.05) is 0 Å².